The van der Waals surface area contributed by atoms with Crippen molar-refractivity contribution in [2.24, 2.45) is 9.51 Å². The van der Waals surface area contributed by atoms with Crippen molar-refractivity contribution in [2.45, 2.75) is 57.8 Å². The minimum absolute atomic E-state index is 0.167. The van der Waals surface area contributed by atoms with Gasteiger partial charge in [0.25, 0.3) is 0 Å². The van der Waals surface area contributed by atoms with Crippen LogP contribution < -0.4 is 4.74 Å². The predicted molar refractivity (Wildman–Crippen MR) is 97.9 cm³/mol. The average Bonchev–Trinajstić information content (AvgIpc) is 2.90. The second kappa shape index (κ2) is 7.14. The van der Waals surface area contributed by atoms with Crippen molar-refractivity contribution in [1.29, 1.82) is 0 Å². The zero-order valence-electron chi connectivity index (χ0n) is 15.2. The summed E-state index contributed by atoms with van der Waals surface area (Å²) in [5.41, 5.74) is 9.58. The molecule has 0 radical (unpaired) electrons. The fraction of sp³-hybridized carbons (Fsp3) is 0.588. The maximum absolute atomic E-state index is 14.1. The molecule has 0 saturated carbocycles. The highest BCUT2D eigenvalue weighted by atomic mass is 32.2. The van der Waals surface area contributed by atoms with E-state index < -0.39 is 27.2 Å². The highest BCUT2D eigenvalue weighted by molar-refractivity contribution is 7.85. The number of nitrogens with zero attached hydrogens (tertiary/aromatic N) is 4. The van der Waals surface area contributed by atoms with E-state index in [0.717, 1.165) is 0 Å². The Morgan fingerprint density at radius 3 is 2.72 bits per heavy atom. The van der Waals surface area contributed by atoms with Crippen molar-refractivity contribution in [3.63, 3.8) is 0 Å². The second-order valence-corrected chi connectivity index (χ2v) is 9.09. The van der Waals surface area contributed by atoms with Gasteiger partial charge >= 0.3 is 0 Å². The lowest BCUT2D eigenvalue weighted by molar-refractivity contribution is 0.0994. The molecule has 1 aliphatic rings. The van der Waals surface area contributed by atoms with Crippen LogP contribution in [0.5, 0.6) is 5.75 Å². The van der Waals surface area contributed by atoms with Gasteiger partial charge in [-0.25, -0.2) is 8.60 Å². The molecule has 1 aliphatic heterocycles. The summed E-state index contributed by atoms with van der Waals surface area (Å²) in [6, 6.07) is 2.77. The average molecular weight is 366 g/mol. The third-order valence-electron chi connectivity index (χ3n) is 4.16. The molecule has 0 amide bonds. The number of halogens is 1. The van der Waals surface area contributed by atoms with Crippen LogP contribution in [0.1, 0.15) is 52.2 Å². The van der Waals surface area contributed by atoms with Gasteiger partial charge in [0.15, 0.2) is 0 Å². The van der Waals surface area contributed by atoms with Gasteiger partial charge in [-0.2, -0.15) is 4.40 Å². The molecule has 2 rings (SSSR count). The predicted octanol–water partition coefficient (Wildman–Crippen LogP) is 4.49. The van der Waals surface area contributed by atoms with E-state index in [2.05, 4.69) is 14.4 Å². The summed E-state index contributed by atoms with van der Waals surface area (Å²) < 4.78 is 36.2. The highest BCUT2D eigenvalue weighted by Gasteiger charge is 2.39. The minimum atomic E-state index is -1.45. The molecule has 8 heteroatoms. The number of hydrogen-bond donors (Lipinski definition) is 0. The van der Waals surface area contributed by atoms with Gasteiger partial charge in [-0.05, 0) is 51.8 Å². The van der Waals surface area contributed by atoms with Crippen LogP contribution in [0.15, 0.2) is 21.6 Å². The van der Waals surface area contributed by atoms with Crippen LogP contribution in [0.3, 0.4) is 0 Å². The molecule has 0 bridgehead atoms. The van der Waals surface area contributed by atoms with Crippen LogP contribution in [0.4, 0.5) is 4.39 Å². The van der Waals surface area contributed by atoms with E-state index in [4.69, 9.17) is 10.3 Å². The topological polar surface area (TPSA) is 87.4 Å². The number of azide groups is 1. The molecule has 0 N–H and O–H groups in total. The summed E-state index contributed by atoms with van der Waals surface area (Å²) in [6.07, 6.45) is 1.07. The van der Waals surface area contributed by atoms with Crippen LogP contribution in [0.25, 0.3) is 10.4 Å². The molecule has 0 saturated heterocycles. The largest absolute Gasteiger partial charge is 0.486 e. The summed E-state index contributed by atoms with van der Waals surface area (Å²) in [4.78, 5) is 2.80. The SMILES string of the molecule is CCC1(CN=[N+]=[N-])Cc2cc(F)cc(C(C)=N[S@](=O)C(C)(C)C)c2O1. The summed E-state index contributed by atoms with van der Waals surface area (Å²) in [6.45, 7) is 9.28. The standard InChI is InChI=1S/C17H23FN4O2S/c1-6-17(10-20-22-19)9-12-7-13(18)8-14(15(12)24-17)11(2)21-25(23)16(3,4)5/h7-8H,6,9-10H2,1-5H3/t17?,25-/m1/s1. The monoisotopic (exact) mass is 366 g/mol. The number of ether oxygens (including phenoxy) is 1. The Morgan fingerprint density at radius 1 is 1.48 bits per heavy atom. The molecule has 1 unspecified atom stereocenters. The third-order valence-corrected chi connectivity index (χ3v) is 5.65. The van der Waals surface area contributed by atoms with E-state index in [0.29, 0.717) is 35.4 Å². The summed E-state index contributed by atoms with van der Waals surface area (Å²) in [5.74, 6) is 0.132. The number of hydrogen-bond acceptors (Lipinski definition) is 3. The van der Waals surface area contributed by atoms with Crippen LogP contribution in [-0.4, -0.2) is 26.8 Å². The summed E-state index contributed by atoms with van der Waals surface area (Å²) >= 11 is 0. The van der Waals surface area contributed by atoms with Gasteiger partial charge in [-0.3, -0.25) is 0 Å². The molecule has 136 valence electrons. The van der Waals surface area contributed by atoms with Gasteiger partial charge < -0.3 is 4.74 Å². The molecule has 0 aromatic heterocycles. The van der Waals surface area contributed by atoms with Crippen molar-refractivity contribution >= 4 is 16.7 Å². The van der Waals surface area contributed by atoms with Crippen molar-refractivity contribution in [3.05, 3.63) is 39.5 Å². The lowest BCUT2D eigenvalue weighted by Crippen LogP contribution is -2.37. The van der Waals surface area contributed by atoms with Gasteiger partial charge in [0.1, 0.15) is 28.2 Å². The first-order valence-electron chi connectivity index (χ1n) is 8.12. The molecule has 0 aliphatic carbocycles. The van der Waals surface area contributed by atoms with Crippen molar-refractivity contribution in [2.75, 3.05) is 6.54 Å². The summed E-state index contributed by atoms with van der Waals surface area (Å²) in [5, 5.41) is 3.64. The van der Waals surface area contributed by atoms with Crippen molar-refractivity contribution in [1.82, 2.24) is 0 Å². The van der Waals surface area contributed by atoms with E-state index in [-0.39, 0.29) is 6.54 Å². The van der Waals surface area contributed by atoms with E-state index in [1.165, 1.54) is 12.1 Å². The molecular weight excluding hydrogens is 343 g/mol. The second-order valence-electron chi connectivity index (χ2n) is 7.18. The molecular formula is C17H23FN4O2S. The van der Waals surface area contributed by atoms with Gasteiger partial charge in [0.2, 0.25) is 0 Å². The first kappa shape index (κ1) is 19.4. The summed E-state index contributed by atoms with van der Waals surface area (Å²) in [7, 11) is -1.45. The van der Waals surface area contributed by atoms with E-state index in [1.54, 1.807) is 6.92 Å². The Hall–Kier alpha value is -1.92. The fourth-order valence-corrected chi connectivity index (χ4v) is 3.26. The zero-order valence-corrected chi connectivity index (χ0v) is 16.0. The Kier molecular flexibility index (Phi) is 5.54. The van der Waals surface area contributed by atoms with Gasteiger partial charge in [0, 0.05) is 22.5 Å². The van der Waals surface area contributed by atoms with Crippen LogP contribution in [-0.2, 0) is 17.4 Å². The lowest BCUT2D eigenvalue weighted by Gasteiger charge is -2.25. The number of benzene rings is 1. The smallest absolute Gasteiger partial charge is 0.145 e. The lowest BCUT2D eigenvalue weighted by atomic mass is 9.94. The molecule has 1 aromatic rings. The maximum atomic E-state index is 14.1. The van der Waals surface area contributed by atoms with Crippen LogP contribution in [0, 0.1) is 5.82 Å². The molecule has 25 heavy (non-hydrogen) atoms. The number of rotatable bonds is 5. The van der Waals surface area contributed by atoms with E-state index in [9.17, 15) is 8.60 Å². The molecule has 1 heterocycles. The zero-order chi connectivity index (χ0) is 18.8. The van der Waals surface area contributed by atoms with E-state index >= 15 is 0 Å². The molecule has 6 nitrogen and oxygen atoms in total. The Bertz CT molecular complexity index is 782. The first-order valence-corrected chi connectivity index (χ1v) is 9.22. The number of fused-ring (bicyclic) bond motifs is 1. The van der Waals surface area contributed by atoms with Crippen molar-refractivity contribution < 1.29 is 13.3 Å². The molecule has 0 spiro atoms. The Morgan fingerprint density at radius 2 is 2.16 bits per heavy atom. The Balaban J connectivity index is 2.47. The van der Waals surface area contributed by atoms with Gasteiger partial charge in [-0.1, -0.05) is 12.0 Å². The highest BCUT2D eigenvalue weighted by Crippen LogP contribution is 2.41. The minimum Gasteiger partial charge on any atom is -0.486 e. The van der Waals surface area contributed by atoms with Gasteiger partial charge in [-0.15, -0.1) is 0 Å². The Labute approximate surface area is 149 Å². The molecule has 1 aromatic carbocycles. The van der Waals surface area contributed by atoms with Crippen molar-refractivity contribution in [3.8, 4) is 5.75 Å². The fourth-order valence-electron chi connectivity index (χ4n) is 2.64. The normalized spacial score (nSPS) is 21.3. The van der Waals surface area contributed by atoms with Crippen LogP contribution in [0.2, 0.25) is 0 Å². The quantitative estimate of drug-likeness (QED) is 0.333. The first-order chi connectivity index (χ1) is 11.6. The third kappa shape index (κ3) is 4.19. The molecule has 2 atom stereocenters. The van der Waals surface area contributed by atoms with Crippen LogP contribution >= 0.6 is 0 Å². The molecule has 0 fully saturated rings. The van der Waals surface area contributed by atoms with E-state index in [1.807, 2.05) is 27.7 Å². The maximum Gasteiger partial charge on any atom is 0.145 e. The van der Waals surface area contributed by atoms with Gasteiger partial charge in [0.05, 0.1) is 17.0 Å².